The number of hydrogen-bond donors (Lipinski definition) is 0. The summed E-state index contributed by atoms with van der Waals surface area (Å²) >= 11 is 0. The van der Waals surface area contributed by atoms with Gasteiger partial charge in [-0.25, -0.2) is 4.79 Å². The maximum absolute atomic E-state index is 10.6. The van der Waals surface area contributed by atoms with E-state index >= 15 is 0 Å². The zero-order chi connectivity index (χ0) is 7.98. The average molecular weight is 143 g/mol. The minimum atomic E-state index is -0.744. The molecule has 0 heterocycles. The zero-order valence-corrected chi connectivity index (χ0v) is 6.05. The van der Waals surface area contributed by atoms with E-state index in [-0.39, 0.29) is 13.0 Å². The SMILES string of the molecule is [CH2]CCC(=O)C(=O)OCC. The smallest absolute Gasteiger partial charge is 0.374 e. The molecule has 0 aliphatic rings. The van der Waals surface area contributed by atoms with Crippen LogP contribution in [0.1, 0.15) is 19.8 Å². The van der Waals surface area contributed by atoms with Crippen molar-refractivity contribution in [2.45, 2.75) is 19.8 Å². The van der Waals surface area contributed by atoms with Crippen LogP contribution >= 0.6 is 0 Å². The molecule has 0 spiro atoms. The number of hydrogen-bond acceptors (Lipinski definition) is 3. The normalized spacial score (nSPS) is 9.00. The first-order valence-corrected chi connectivity index (χ1v) is 3.21. The van der Waals surface area contributed by atoms with Gasteiger partial charge in [-0.1, -0.05) is 6.92 Å². The zero-order valence-electron chi connectivity index (χ0n) is 6.05. The number of rotatable bonds is 4. The molecule has 3 nitrogen and oxygen atoms in total. The molecule has 0 amide bonds. The summed E-state index contributed by atoms with van der Waals surface area (Å²) in [6.07, 6.45) is 0.622. The van der Waals surface area contributed by atoms with Crippen LogP contribution in [0.4, 0.5) is 0 Å². The Morgan fingerprint density at radius 3 is 2.50 bits per heavy atom. The Labute approximate surface area is 60.4 Å². The highest BCUT2D eigenvalue weighted by Gasteiger charge is 2.11. The van der Waals surface area contributed by atoms with Gasteiger partial charge in [-0.15, -0.1) is 0 Å². The molecule has 0 aliphatic heterocycles. The van der Waals surface area contributed by atoms with Crippen molar-refractivity contribution in [1.82, 2.24) is 0 Å². The molecule has 0 aromatic rings. The quantitative estimate of drug-likeness (QED) is 0.430. The molecular weight excluding hydrogens is 132 g/mol. The van der Waals surface area contributed by atoms with Crippen LogP contribution in [0, 0.1) is 6.92 Å². The van der Waals surface area contributed by atoms with Crippen molar-refractivity contribution < 1.29 is 14.3 Å². The Hall–Kier alpha value is -0.860. The van der Waals surface area contributed by atoms with Gasteiger partial charge in [0, 0.05) is 6.42 Å². The first-order valence-electron chi connectivity index (χ1n) is 3.21. The first kappa shape index (κ1) is 9.14. The Morgan fingerprint density at radius 2 is 2.10 bits per heavy atom. The van der Waals surface area contributed by atoms with Crippen LogP contribution in [0.5, 0.6) is 0 Å². The topological polar surface area (TPSA) is 43.4 Å². The molecule has 0 rings (SSSR count). The highest BCUT2D eigenvalue weighted by Crippen LogP contribution is 1.90. The fourth-order valence-electron chi connectivity index (χ4n) is 0.474. The molecule has 0 N–H and O–H groups in total. The molecule has 0 saturated heterocycles. The van der Waals surface area contributed by atoms with Crippen LogP contribution in [-0.2, 0) is 14.3 Å². The van der Waals surface area contributed by atoms with Gasteiger partial charge >= 0.3 is 5.97 Å². The van der Waals surface area contributed by atoms with Crippen LogP contribution in [0.15, 0.2) is 0 Å². The lowest BCUT2D eigenvalue weighted by atomic mass is 10.2. The maximum atomic E-state index is 10.6. The van der Waals surface area contributed by atoms with E-state index in [4.69, 9.17) is 0 Å². The van der Waals surface area contributed by atoms with Crippen LogP contribution in [0.3, 0.4) is 0 Å². The number of carbonyl (C=O) groups is 2. The van der Waals surface area contributed by atoms with Gasteiger partial charge in [-0.2, -0.15) is 0 Å². The molecule has 0 bridgehead atoms. The van der Waals surface area contributed by atoms with Gasteiger partial charge in [0.05, 0.1) is 6.61 Å². The van der Waals surface area contributed by atoms with E-state index in [9.17, 15) is 9.59 Å². The van der Waals surface area contributed by atoms with Crippen LogP contribution in [0.2, 0.25) is 0 Å². The van der Waals surface area contributed by atoms with E-state index in [2.05, 4.69) is 11.7 Å². The molecule has 0 atom stereocenters. The summed E-state index contributed by atoms with van der Waals surface area (Å²) in [4.78, 5) is 21.2. The van der Waals surface area contributed by atoms with Crippen LogP contribution < -0.4 is 0 Å². The third-order valence-electron chi connectivity index (χ3n) is 0.907. The molecule has 0 unspecified atom stereocenters. The maximum Gasteiger partial charge on any atom is 0.374 e. The third-order valence-corrected chi connectivity index (χ3v) is 0.907. The Kier molecular flexibility index (Phi) is 4.54. The lowest BCUT2D eigenvalue weighted by molar-refractivity contribution is -0.153. The summed E-state index contributed by atoms with van der Waals surface area (Å²) in [6, 6.07) is 0. The van der Waals surface area contributed by atoms with Gasteiger partial charge in [-0.3, -0.25) is 4.79 Å². The Balaban J connectivity index is 3.60. The molecule has 10 heavy (non-hydrogen) atoms. The van der Waals surface area contributed by atoms with E-state index in [1.54, 1.807) is 6.92 Å². The molecular formula is C7H11O3. The second kappa shape index (κ2) is 4.97. The van der Waals surface area contributed by atoms with Crippen LogP contribution in [0.25, 0.3) is 0 Å². The number of Topliss-reactive ketones (excluding diaryl/α,β-unsaturated/α-hetero) is 1. The van der Waals surface area contributed by atoms with E-state index < -0.39 is 11.8 Å². The van der Waals surface area contributed by atoms with Crippen molar-refractivity contribution in [1.29, 1.82) is 0 Å². The van der Waals surface area contributed by atoms with Crippen molar-refractivity contribution in [2.75, 3.05) is 6.61 Å². The average Bonchev–Trinajstić information content (AvgIpc) is 1.89. The largest absolute Gasteiger partial charge is 0.460 e. The second-order valence-electron chi connectivity index (χ2n) is 1.75. The molecule has 1 radical (unpaired) electrons. The number of esters is 1. The highest BCUT2D eigenvalue weighted by molar-refractivity contribution is 6.33. The summed E-state index contributed by atoms with van der Waals surface area (Å²) < 4.78 is 4.44. The molecule has 0 aliphatic carbocycles. The van der Waals surface area contributed by atoms with Gasteiger partial charge in [0.1, 0.15) is 0 Å². The summed E-state index contributed by atoms with van der Waals surface area (Å²) in [7, 11) is 0. The lowest BCUT2D eigenvalue weighted by Crippen LogP contribution is -2.16. The monoisotopic (exact) mass is 143 g/mol. The molecule has 0 aromatic heterocycles. The first-order chi connectivity index (χ1) is 4.72. The predicted molar refractivity (Wildman–Crippen MR) is 36.2 cm³/mol. The highest BCUT2D eigenvalue weighted by atomic mass is 16.5. The molecule has 3 heteroatoms. The van der Waals surface area contributed by atoms with Crippen molar-refractivity contribution in [3.8, 4) is 0 Å². The van der Waals surface area contributed by atoms with E-state index in [1.807, 2.05) is 0 Å². The lowest BCUT2D eigenvalue weighted by Gasteiger charge is -1.97. The molecule has 0 aromatic carbocycles. The third kappa shape index (κ3) is 3.22. The summed E-state index contributed by atoms with van der Waals surface area (Å²) in [6.45, 7) is 5.35. The van der Waals surface area contributed by atoms with Gasteiger partial charge in [-0.05, 0) is 13.3 Å². The summed E-state index contributed by atoms with van der Waals surface area (Å²) in [5.74, 6) is -1.23. The Morgan fingerprint density at radius 1 is 1.50 bits per heavy atom. The molecule has 0 saturated carbocycles. The minimum Gasteiger partial charge on any atom is -0.460 e. The van der Waals surface area contributed by atoms with Gasteiger partial charge < -0.3 is 4.74 Å². The van der Waals surface area contributed by atoms with Crippen molar-refractivity contribution in [3.63, 3.8) is 0 Å². The van der Waals surface area contributed by atoms with Gasteiger partial charge in [0.25, 0.3) is 0 Å². The fraction of sp³-hybridized carbons (Fsp3) is 0.571. The number of carbonyl (C=O) groups excluding carboxylic acids is 2. The van der Waals surface area contributed by atoms with Crippen molar-refractivity contribution in [3.05, 3.63) is 6.92 Å². The van der Waals surface area contributed by atoms with E-state index in [1.165, 1.54) is 0 Å². The van der Waals surface area contributed by atoms with E-state index in [0.29, 0.717) is 6.42 Å². The van der Waals surface area contributed by atoms with Crippen molar-refractivity contribution >= 4 is 11.8 Å². The number of ketones is 1. The van der Waals surface area contributed by atoms with Gasteiger partial charge in [0.2, 0.25) is 5.78 Å². The second-order valence-corrected chi connectivity index (χ2v) is 1.75. The summed E-state index contributed by atoms with van der Waals surface area (Å²) in [5.41, 5.74) is 0. The summed E-state index contributed by atoms with van der Waals surface area (Å²) in [5, 5.41) is 0. The predicted octanol–water partition coefficient (Wildman–Crippen LogP) is 0.733. The van der Waals surface area contributed by atoms with Crippen LogP contribution in [-0.4, -0.2) is 18.4 Å². The standard InChI is InChI=1S/C7H11O3/c1-3-5-6(8)7(9)10-4-2/h1,3-5H2,2H3. The molecule has 57 valence electrons. The minimum absolute atomic E-state index is 0.179. The van der Waals surface area contributed by atoms with E-state index in [0.717, 1.165) is 0 Å². The van der Waals surface area contributed by atoms with Crippen molar-refractivity contribution in [2.24, 2.45) is 0 Å². The Bertz CT molecular complexity index is 113. The van der Waals surface area contributed by atoms with Gasteiger partial charge in [0.15, 0.2) is 0 Å². The molecule has 0 fully saturated rings. The number of ether oxygens (including phenoxy) is 1. The fourth-order valence-corrected chi connectivity index (χ4v) is 0.474.